The summed E-state index contributed by atoms with van der Waals surface area (Å²) in [4.78, 5) is 14.4. The van der Waals surface area contributed by atoms with Crippen molar-refractivity contribution in [1.82, 2.24) is 4.98 Å². The molecule has 0 saturated heterocycles. The number of nitrogens with zero attached hydrogens (tertiary/aromatic N) is 2. The highest BCUT2D eigenvalue weighted by molar-refractivity contribution is 9.10. The summed E-state index contributed by atoms with van der Waals surface area (Å²) in [5.74, 6) is 0.574. The highest BCUT2D eigenvalue weighted by Gasteiger charge is 2.16. The lowest BCUT2D eigenvalue weighted by atomic mass is 10.2. The molecule has 0 saturated carbocycles. The van der Waals surface area contributed by atoms with Gasteiger partial charge in [-0.2, -0.15) is 0 Å². The molecule has 0 bridgehead atoms. The molecule has 0 aliphatic rings. The summed E-state index contributed by atoms with van der Waals surface area (Å²) in [7, 11) is 0. The van der Waals surface area contributed by atoms with Crippen LogP contribution in [0.4, 0.5) is 17.2 Å². The van der Waals surface area contributed by atoms with E-state index in [9.17, 15) is 10.1 Å². The first-order valence-corrected chi connectivity index (χ1v) is 6.66. The Bertz CT molecular complexity index is 644. The molecule has 20 heavy (non-hydrogen) atoms. The van der Waals surface area contributed by atoms with Gasteiger partial charge >= 0.3 is 0 Å². The molecular formula is C13H13BrN4O2. The molecule has 0 aliphatic carbocycles. The van der Waals surface area contributed by atoms with Crippen molar-refractivity contribution in [2.75, 3.05) is 11.1 Å². The first kappa shape index (κ1) is 14.3. The molecule has 3 N–H and O–H groups in total. The number of anilines is 2. The van der Waals surface area contributed by atoms with Gasteiger partial charge in [0.15, 0.2) is 0 Å². The van der Waals surface area contributed by atoms with Crippen molar-refractivity contribution >= 4 is 33.1 Å². The van der Waals surface area contributed by atoms with E-state index in [1.165, 1.54) is 6.20 Å². The fourth-order valence-electron chi connectivity index (χ4n) is 1.70. The quantitative estimate of drug-likeness (QED) is 0.507. The molecule has 0 unspecified atom stereocenters. The largest absolute Gasteiger partial charge is 0.399 e. The SMILES string of the molecule is Cc1c([N+](=O)[O-])cnc(NCc2ccc(N)cc2)c1Br. The predicted molar refractivity (Wildman–Crippen MR) is 81.5 cm³/mol. The van der Waals surface area contributed by atoms with Gasteiger partial charge in [0.25, 0.3) is 5.69 Å². The van der Waals surface area contributed by atoms with Gasteiger partial charge in [-0.15, -0.1) is 0 Å². The van der Waals surface area contributed by atoms with Crippen molar-refractivity contribution in [1.29, 1.82) is 0 Å². The molecule has 2 rings (SSSR count). The third-order valence-electron chi connectivity index (χ3n) is 2.87. The number of benzene rings is 1. The zero-order chi connectivity index (χ0) is 14.7. The average Bonchev–Trinajstić information content (AvgIpc) is 2.42. The van der Waals surface area contributed by atoms with Crippen molar-refractivity contribution in [2.45, 2.75) is 13.5 Å². The molecule has 1 heterocycles. The molecule has 0 radical (unpaired) electrons. The summed E-state index contributed by atoms with van der Waals surface area (Å²) in [5.41, 5.74) is 7.91. The van der Waals surface area contributed by atoms with Crippen LogP contribution in [0.25, 0.3) is 0 Å². The van der Waals surface area contributed by atoms with Gasteiger partial charge in [0.1, 0.15) is 12.0 Å². The molecule has 1 aromatic carbocycles. The number of rotatable bonds is 4. The summed E-state index contributed by atoms with van der Waals surface area (Å²) >= 11 is 3.34. The monoisotopic (exact) mass is 336 g/mol. The zero-order valence-electron chi connectivity index (χ0n) is 10.8. The molecule has 0 fully saturated rings. The van der Waals surface area contributed by atoms with E-state index < -0.39 is 4.92 Å². The van der Waals surface area contributed by atoms with E-state index in [0.717, 1.165) is 5.56 Å². The molecule has 1 aromatic heterocycles. The fourth-order valence-corrected chi connectivity index (χ4v) is 2.14. The molecular weight excluding hydrogens is 324 g/mol. The topological polar surface area (TPSA) is 94.1 Å². The van der Waals surface area contributed by atoms with E-state index in [-0.39, 0.29) is 5.69 Å². The van der Waals surface area contributed by atoms with E-state index in [0.29, 0.717) is 28.1 Å². The number of hydrogen-bond donors (Lipinski definition) is 2. The summed E-state index contributed by atoms with van der Waals surface area (Å²) in [6.45, 7) is 2.24. The predicted octanol–water partition coefficient (Wildman–Crippen LogP) is 3.26. The normalized spacial score (nSPS) is 10.3. The van der Waals surface area contributed by atoms with Crippen molar-refractivity contribution in [2.24, 2.45) is 0 Å². The van der Waals surface area contributed by atoms with E-state index >= 15 is 0 Å². The van der Waals surface area contributed by atoms with Crippen molar-refractivity contribution < 1.29 is 4.92 Å². The Kier molecular flexibility index (Phi) is 4.19. The number of pyridine rings is 1. The van der Waals surface area contributed by atoms with Gasteiger partial charge < -0.3 is 11.1 Å². The van der Waals surface area contributed by atoms with Gasteiger partial charge in [-0.25, -0.2) is 4.98 Å². The van der Waals surface area contributed by atoms with Crippen LogP contribution >= 0.6 is 15.9 Å². The molecule has 0 atom stereocenters. The molecule has 104 valence electrons. The van der Waals surface area contributed by atoms with Crippen LogP contribution in [0.15, 0.2) is 34.9 Å². The Morgan fingerprint density at radius 2 is 2.05 bits per heavy atom. The van der Waals surface area contributed by atoms with Crippen LogP contribution in [0.3, 0.4) is 0 Å². The molecule has 6 nitrogen and oxygen atoms in total. The maximum atomic E-state index is 10.8. The second-order valence-corrected chi connectivity index (χ2v) is 5.08. The summed E-state index contributed by atoms with van der Waals surface area (Å²) in [6.07, 6.45) is 1.26. The zero-order valence-corrected chi connectivity index (χ0v) is 12.3. The highest BCUT2D eigenvalue weighted by Crippen LogP contribution is 2.30. The van der Waals surface area contributed by atoms with Gasteiger partial charge in [-0.1, -0.05) is 12.1 Å². The third-order valence-corrected chi connectivity index (χ3v) is 3.84. The number of halogens is 1. The fraction of sp³-hybridized carbons (Fsp3) is 0.154. The Hall–Kier alpha value is -2.15. The second-order valence-electron chi connectivity index (χ2n) is 4.28. The van der Waals surface area contributed by atoms with Crippen molar-refractivity contribution in [3.8, 4) is 0 Å². The Morgan fingerprint density at radius 1 is 1.40 bits per heavy atom. The van der Waals surface area contributed by atoms with Gasteiger partial charge in [0.2, 0.25) is 0 Å². The number of aromatic nitrogens is 1. The van der Waals surface area contributed by atoms with Gasteiger partial charge in [-0.05, 0) is 40.5 Å². The first-order valence-electron chi connectivity index (χ1n) is 5.87. The van der Waals surface area contributed by atoms with Crippen molar-refractivity contribution in [3.63, 3.8) is 0 Å². The number of nitro groups is 1. The van der Waals surface area contributed by atoms with Crippen LogP contribution in [0.1, 0.15) is 11.1 Å². The van der Waals surface area contributed by atoms with Crippen LogP contribution in [0, 0.1) is 17.0 Å². The Balaban J connectivity index is 2.16. The smallest absolute Gasteiger partial charge is 0.291 e. The summed E-state index contributed by atoms with van der Waals surface area (Å²) in [6, 6.07) is 7.46. The number of hydrogen-bond acceptors (Lipinski definition) is 5. The lowest BCUT2D eigenvalue weighted by molar-refractivity contribution is -0.385. The van der Waals surface area contributed by atoms with E-state index in [1.807, 2.05) is 24.3 Å². The average molecular weight is 337 g/mol. The van der Waals surface area contributed by atoms with Crippen molar-refractivity contribution in [3.05, 3.63) is 56.2 Å². The molecule has 7 heteroatoms. The summed E-state index contributed by atoms with van der Waals surface area (Å²) in [5, 5.41) is 13.9. The van der Waals surface area contributed by atoms with E-state index in [1.54, 1.807) is 6.92 Å². The number of nitrogens with one attached hydrogen (secondary N) is 1. The number of nitrogen functional groups attached to an aromatic ring is 1. The van der Waals surface area contributed by atoms with E-state index in [4.69, 9.17) is 5.73 Å². The number of nitrogens with two attached hydrogens (primary N) is 1. The minimum atomic E-state index is -0.448. The van der Waals surface area contributed by atoms with Crippen LogP contribution in [-0.4, -0.2) is 9.91 Å². The minimum Gasteiger partial charge on any atom is -0.399 e. The maximum absolute atomic E-state index is 10.8. The maximum Gasteiger partial charge on any atom is 0.291 e. The Labute approximate surface area is 124 Å². The molecule has 0 aliphatic heterocycles. The standard InChI is InChI=1S/C13H13BrN4O2/c1-8-11(18(19)20)7-17-13(12(8)14)16-6-9-2-4-10(15)5-3-9/h2-5,7H,6,15H2,1H3,(H,16,17). The first-order chi connectivity index (χ1) is 9.49. The van der Waals surface area contributed by atoms with Gasteiger partial charge in [0, 0.05) is 17.8 Å². The summed E-state index contributed by atoms with van der Waals surface area (Å²) < 4.78 is 0.599. The van der Waals surface area contributed by atoms with Crippen LogP contribution < -0.4 is 11.1 Å². The van der Waals surface area contributed by atoms with E-state index in [2.05, 4.69) is 26.2 Å². The van der Waals surface area contributed by atoms with Crippen LogP contribution in [-0.2, 0) is 6.54 Å². The third kappa shape index (κ3) is 3.05. The highest BCUT2D eigenvalue weighted by atomic mass is 79.9. The van der Waals surface area contributed by atoms with Crippen LogP contribution in [0.5, 0.6) is 0 Å². The molecule has 0 spiro atoms. The molecule has 0 amide bonds. The second kappa shape index (κ2) is 5.87. The van der Waals surface area contributed by atoms with Crippen LogP contribution in [0.2, 0.25) is 0 Å². The molecule has 2 aromatic rings. The minimum absolute atomic E-state index is 0.00471. The van der Waals surface area contributed by atoms with Gasteiger partial charge in [-0.3, -0.25) is 10.1 Å². The lowest BCUT2D eigenvalue weighted by Crippen LogP contribution is -2.04. The lowest BCUT2D eigenvalue weighted by Gasteiger charge is -2.09. The Morgan fingerprint density at radius 3 is 2.65 bits per heavy atom. The van der Waals surface area contributed by atoms with Gasteiger partial charge in [0.05, 0.1) is 9.40 Å².